The van der Waals surface area contributed by atoms with Crippen LogP contribution >= 0.6 is 15.9 Å². The van der Waals surface area contributed by atoms with E-state index in [0.29, 0.717) is 5.75 Å². The highest BCUT2D eigenvalue weighted by atomic mass is 79.9. The van der Waals surface area contributed by atoms with Crippen molar-refractivity contribution in [3.63, 3.8) is 0 Å². The van der Waals surface area contributed by atoms with E-state index in [4.69, 9.17) is 9.47 Å². The Morgan fingerprint density at radius 1 is 1.07 bits per heavy atom. The van der Waals surface area contributed by atoms with Crippen molar-refractivity contribution in [2.45, 2.75) is 33.3 Å². The van der Waals surface area contributed by atoms with E-state index in [1.165, 1.54) is 0 Å². The standard InChI is InChI=1S/C20H23BrN2O4/c1-12-9-16(21)10-13(2)19(12)27-14(3)20(25)23-22-18(24)11-15-5-7-17(26-4)8-6-15/h5-10,14H,11H2,1-4H3,(H,22,24)(H,23,25). The number of aryl methyl sites for hydroxylation is 2. The van der Waals surface area contributed by atoms with Crippen molar-refractivity contribution in [1.29, 1.82) is 0 Å². The van der Waals surface area contributed by atoms with Crippen LogP contribution in [0.3, 0.4) is 0 Å². The third-order valence-corrected chi connectivity index (χ3v) is 4.40. The number of hydrogen-bond donors (Lipinski definition) is 2. The van der Waals surface area contributed by atoms with Gasteiger partial charge in [0.25, 0.3) is 5.91 Å². The number of benzene rings is 2. The number of hydrogen-bond acceptors (Lipinski definition) is 4. The molecule has 2 N–H and O–H groups in total. The number of carbonyl (C=O) groups excluding carboxylic acids is 2. The van der Waals surface area contributed by atoms with Crippen molar-refractivity contribution in [2.24, 2.45) is 0 Å². The molecule has 0 radical (unpaired) electrons. The topological polar surface area (TPSA) is 76.7 Å². The maximum absolute atomic E-state index is 12.2. The van der Waals surface area contributed by atoms with Gasteiger partial charge in [0.2, 0.25) is 5.91 Å². The fourth-order valence-corrected chi connectivity index (χ4v) is 3.21. The van der Waals surface area contributed by atoms with Gasteiger partial charge in [-0.25, -0.2) is 0 Å². The summed E-state index contributed by atoms with van der Waals surface area (Å²) in [6.07, 6.45) is -0.616. The van der Waals surface area contributed by atoms with E-state index in [2.05, 4.69) is 26.8 Å². The van der Waals surface area contributed by atoms with Gasteiger partial charge in [0.05, 0.1) is 13.5 Å². The van der Waals surface area contributed by atoms with Crippen LogP contribution in [0.1, 0.15) is 23.6 Å². The quantitative estimate of drug-likeness (QED) is 0.684. The number of methoxy groups -OCH3 is 1. The van der Waals surface area contributed by atoms with Crippen LogP contribution in [-0.2, 0) is 16.0 Å². The zero-order chi connectivity index (χ0) is 20.0. The summed E-state index contributed by atoms with van der Waals surface area (Å²) < 4.78 is 11.8. The van der Waals surface area contributed by atoms with Gasteiger partial charge in [-0.2, -0.15) is 0 Å². The minimum Gasteiger partial charge on any atom is -0.497 e. The van der Waals surface area contributed by atoms with Crippen molar-refractivity contribution >= 4 is 27.7 Å². The lowest BCUT2D eigenvalue weighted by Crippen LogP contribution is -2.47. The summed E-state index contributed by atoms with van der Waals surface area (Å²) in [6.45, 7) is 5.45. The fraction of sp³-hybridized carbons (Fsp3) is 0.300. The minimum absolute atomic E-state index is 0.143. The molecule has 0 aromatic heterocycles. The molecule has 144 valence electrons. The molecule has 2 aromatic rings. The van der Waals surface area contributed by atoms with Crippen LogP contribution < -0.4 is 20.3 Å². The predicted octanol–water partition coefficient (Wildman–Crippen LogP) is 3.23. The van der Waals surface area contributed by atoms with Crippen LogP contribution in [0.5, 0.6) is 11.5 Å². The Labute approximate surface area is 167 Å². The summed E-state index contributed by atoms with van der Waals surface area (Å²) in [5.41, 5.74) is 7.46. The second-order valence-corrected chi connectivity index (χ2v) is 7.11. The molecule has 0 bridgehead atoms. The molecule has 1 unspecified atom stereocenters. The molecule has 6 nitrogen and oxygen atoms in total. The summed E-state index contributed by atoms with van der Waals surface area (Å²) in [5.74, 6) is 0.624. The number of ether oxygens (including phenoxy) is 2. The summed E-state index contributed by atoms with van der Waals surface area (Å²) in [5, 5.41) is 0. The molecule has 27 heavy (non-hydrogen) atoms. The molecular formula is C20H23BrN2O4. The molecule has 0 heterocycles. The summed E-state index contributed by atoms with van der Waals surface area (Å²) >= 11 is 3.43. The van der Waals surface area contributed by atoms with E-state index in [0.717, 1.165) is 26.9 Å². The lowest BCUT2D eigenvalue weighted by molar-refractivity contribution is -0.132. The maximum atomic E-state index is 12.2. The highest BCUT2D eigenvalue weighted by Crippen LogP contribution is 2.28. The Hall–Kier alpha value is -2.54. The van der Waals surface area contributed by atoms with Crippen molar-refractivity contribution in [1.82, 2.24) is 10.9 Å². The molecule has 0 spiro atoms. The second kappa shape index (κ2) is 9.41. The van der Waals surface area contributed by atoms with Crippen LogP contribution in [0.4, 0.5) is 0 Å². The van der Waals surface area contributed by atoms with Crippen molar-refractivity contribution in [2.75, 3.05) is 7.11 Å². The zero-order valence-corrected chi connectivity index (χ0v) is 17.3. The average molecular weight is 435 g/mol. The Morgan fingerprint density at radius 3 is 2.22 bits per heavy atom. The smallest absolute Gasteiger partial charge is 0.279 e. The first kappa shape index (κ1) is 20.8. The first-order valence-electron chi connectivity index (χ1n) is 8.45. The molecule has 0 saturated carbocycles. The van der Waals surface area contributed by atoms with E-state index >= 15 is 0 Å². The SMILES string of the molecule is COc1ccc(CC(=O)NNC(=O)C(C)Oc2c(C)cc(Br)cc2C)cc1. The maximum Gasteiger partial charge on any atom is 0.279 e. The Bertz CT molecular complexity index is 798. The second-order valence-electron chi connectivity index (χ2n) is 6.19. The van der Waals surface area contributed by atoms with Crippen molar-refractivity contribution in [3.05, 3.63) is 57.6 Å². The molecule has 0 aliphatic carbocycles. The largest absolute Gasteiger partial charge is 0.497 e. The number of carbonyl (C=O) groups is 2. The van der Waals surface area contributed by atoms with Gasteiger partial charge in [0.15, 0.2) is 6.10 Å². The Kier molecular flexibility index (Phi) is 7.24. The van der Waals surface area contributed by atoms with E-state index in [1.54, 1.807) is 38.3 Å². The minimum atomic E-state index is -0.759. The molecule has 7 heteroatoms. The molecular weight excluding hydrogens is 412 g/mol. The first-order valence-corrected chi connectivity index (χ1v) is 9.24. The number of nitrogens with one attached hydrogen (secondary N) is 2. The Morgan fingerprint density at radius 2 is 1.67 bits per heavy atom. The molecule has 0 aliphatic rings. The number of hydrazine groups is 1. The molecule has 0 fully saturated rings. The number of halogens is 1. The normalized spacial score (nSPS) is 11.4. The predicted molar refractivity (Wildman–Crippen MR) is 107 cm³/mol. The van der Waals surface area contributed by atoms with Gasteiger partial charge in [-0.1, -0.05) is 28.1 Å². The van der Waals surface area contributed by atoms with Gasteiger partial charge in [0, 0.05) is 4.47 Å². The van der Waals surface area contributed by atoms with Gasteiger partial charge in [-0.3, -0.25) is 20.4 Å². The molecule has 1 atom stereocenters. The van der Waals surface area contributed by atoms with E-state index in [1.807, 2.05) is 26.0 Å². The molecule has 0 saturated heterocycles. The van der Waals surface area contributed by atoms with Gasteiger partial charge in [-0.15, -0.1) is 0 Å². The van der Waals surface area contributed by atoms with Crippen LogP contribution in [0, 0.1) is 13.8 Å². The van der Waals surface area contributed by atoms with E-state index < -0.39 is 12.0 Å². The number of rotatable bonds is 6. The van der Waals surface area contributed by atoms with Crippen molar-refractivity contribution < 1.29 is 19.1 Å². The highest BCUT2D eigenvalue weighted by molar-refractivity contribution is 9.10. The lowest BCUT2D eigenvalue weighted by atomic mass is 10.1. The van der Waals surface area contributed by atoms with Crippen LogP contribution in [0.2, 0.25) is 0 Å². The summed E-state index contributed by atoms with van der Waals surface area (Å²) in [4.78, 5) is 24.2. The summed E-state index contributed by atoms with van der Waals surface area (Å²) in [6, 6.07) is 11.0. The van der Waals surface area contributed by atoms with E-state index in [-0.39, 0.29) is 12.3 Å². The first-order chi connectivity index (χ1) is 12.8. The third kappa shape index (κ3) is 5.99. The van der Waals surface area contributed by atoms with Crippen LogP contribution in [0.15, 0.2) is 40.9 Å². The average Bonchev–Trinajstić information content (AvgIpc) is 2.63. The molecule has 2 rings (SSSR count). The summed E-state index contributed by atoms with van der Waals surface area (Å²) in [7, 11) is 1.58. The van der Waals surface area contributed by atoms with Gasteiger partial charge in [-0.05, 0) is 61.7 Å². The zero-order valence-electron chi connectivity index (χ0n) is 15.8. The third-order valence-electron chi connectivity index (χ3n) is 3.94. The lowest BCUT2D eigenvalue weighted by Gasteiger charge is -2.18. The van der Waals surface area contributed by atoms with Gasteiger partial charge in [0.1, 0.15) is 11.5 Å². The van der Waals surface area contributed by atoms with Gasteiger partial charge >= 0.3 is 0 Å². The fourth-order valence-electron chi connectivity index (χ4n) is 2.52. The Balaban J connectivity index is 1.86. The number of amides is 2. The van der Waals surface area contributed by atoms with Crippen molar-refractivity contribution in [3.8, 4) is 11.5 Å². The monoisotopic (exact) mass is 434 g/mol. The van der Waals surface area contributed by atoms with Crippen LogP contribution in [0.25, 0.3) is 0 Å². The molecule has 0 aliphatic heterocycles. The van der Waals surface area contributed by atoms with E-state index in [9.17, 15) is 9.59 Å². The van der Waals surface area contributed by atoms with Gasteiger partial charge < -0.3 is 9.47 Å². The highest BCUT2D eigenvalue weighted by Gasteiger charge is 2.18. The molecule has 2 amide bonds. The molecule has 2 aromatic carbocycles. The van der Waals surface area contributed by atoms with Crippen LogP contribution in [-0.4, -0.2) is 25.0 Å².